The predicted molar refractivity (Wildman–Crippen MR) is 71.1 cm³/mol. The van der Waals surface area contributed by atoms with Crippen molar-refractivity contribution in [3.05, 3.63) is 34.9 Å². The first-order chi connectivity index (χ1) is 6.72. The Hall–Kier alpha value is -0.0900. The minimum atomic E-state index is 0.999. The van der Waals surface area contributed by atoms with E-state index in [0.717, 1.165) is 13.1 Å². The summed E-state index contributed by atoms with van der Waals surface area (Å²) in [6, 6.07) is 6.72. The quantitative estimate of drug-likeness (QED) is 0.500. The third-order valence-corrected chi connectivity index (χ3v) is 2.86. The minimum absolute atomic E-state index is 0.999. The van der Waals surface area contributed by atoms with Gasteiger partial charge in [-0.05, 0) is 32.4 Å². The number of nitrogens with one attached hydrogen (secondary N) is 1. The van der Waals surface area contributed by atoms with Crippen molar-refractivity contribution in [1.29, 1.82) is 0 Å². The van der Waals surface area contributed by atoms with Gasteiger partial charge in [0.05, 0.1) is 0 Å². The van der Waals surface area contributed by atoms with E-state index in [9.17, 15) is 0 Å². The Balaban J connectivity index is 2.42. The molecule has 0 heterocycles. The molecule has 0 unspecified atom stereocenters. The molecular formula is C12H18IN. The number of halogens is 1. The first-order valence-electron chi connectivity index (χ1n) is 5.06. The standard InChI is InChI=1S/C12H18IN/c1-10-6-11(2)8-12(7-10)9-14-5-3-4-13/h6-8,14H,3-5,9H2,1-2H3. The summed E-state index contributed by atoms with van der Waals surface area (Å²) in [5.41, 5.74) is 4.11. The Morgan fingerprint density at radius 1 is 1.14 bits per heavy atom. The van der Waals surface area contributed by atoms with Gasteiger partial charge in [-0.25, -0.2) is 0 Å². The Morgan fingerprint density at radius 2 is 1.79 bits per heavy atom. The van der Waals surface area contributed by atoms with Crippen molar-refractivity contribution in [3.8, 4) is 0 Å². The van der Waals surface area contributed by atoms with Crippen LogP contribution in [0.3, 0.4) is 0 Å². The van der Waals surface area contributed by atoms with Gasteiger partial charge in [-0.2, -0.15) is 0 Å². The normalized spacial score (nSPS) is 10.5. The van der Waals surface area contributed by atoms with Crippen molar-refractivity contribution in [2.75, 3.05) is 11.0 Å². The van der Waals surface area contributed by atoms with Crippen molar-refractivity contribution in [1.82, 2.24) is 5.32 Å². The number of alkyl halides is 1. The fraction of sp³-hybridized carbons (Fsp3) is 0.500. The van der Waals surface area contributed by atoms with Gasteiger partial charge in [0.2, 0.25) is 0 Å². The SMILES string of the molecule is Cc1cc(C)cc(CNCCCI)c1. The lowest BCUT2D eigenvalue weighted by atomic mass is 10.1. The third kappa shape index (κ3) is 4.42. The average molecular weight is 303 g/mol. The van der Waals surface area contributed by atoms with E-state index in [1.54, 1.807) is 0 Å². The van der Waals surface area contributed by atoms with Crippen LogP contribution in [-0.4, -0.2) is 11.0 Å². The number of benzene rings is 1. The molecule has 0 bridgehead atoms. The summed E-state index contributed by atoms with van der Waals surface area (Å²) in [5.74, 6) is 0. The third-order valence-electron chi connectivity index (χ3n) is 2.10. The number of hydrogen-bond donors (Lipinski definition) is 1. The first kappa shape index (κ1) is 12.0. The fourth-order valence-corrected chi connectivity index (χ4v) is 1.98. The Kier molecular flexibility index (Phi) is 5.48. The molecule has 0 aliphatic carbocycles. The monoisotopic (exact) mass is 303 g/mol. The Labute approximate surface area is 100 Å². The molecule has 0 atom stereocenters. The van der Waals surface area contributed by atoms with Crippen LogP contribution in [0.5, 0.6) is 0 Å². The molecule has 0 saturated carbocycles. The summed E-state index contributed by atoms with van der Waals surface area (Å²) in [7, 11) is 0. The van der Waals surface area contributed by atoms with Crippen molar-refractivity contribution in [2.24, 2.45) is 0 Å². The molecule has 0 radical (unpaired) electrons. The van der Waals surface area contributed by atoms with E-state index >= 15 is 0 Å². The first-order valence-corrected chi connectivity index (χ1v) is 6.59. The number of rotatable bonds is 5. The zero-order chi connectivity index (χ0) is 10.4. The van der Waals surface area contributed by atoms with Gasteiger partial charge in [0, 0.05) is 11.0 Å². The van der Waals surface area contributed by atoms with Crippen molar-refractivity contribution >= 4 is 22.6 Å². The van der Waals surface area contributed by atoms with E-state index in [1.807, 2.05) is 0 Å². The highest BCUT2D eigenvalue weighted by Crippen LogP contribution is 2.08. The molecule has 1 rings (SSSR count). The van der Waals surface area contributed by atoms with E-state index in [4.69, 9.17) is 0 Å². The van der Waals surface area contributed by atoms with Gasteiger partial charge in [-0.3, -0.25) is 0 Å². The largest absolute Gasteiger partial charge is 0.313 e. The molecule has 0 fully saturated rings. The molecule has 2 heteroatoms. The molecule has 0 saturated heterocycles. The maximum absolute atomic E-state index is 3.45. The fourth-order valence-electron chi connectivity index (χ4n) is 1.60. The Morgan fingerprint density at radius 3 is 2.36 bits per heavy atom. The highest BCUT2D eigenvalue weighted by molar-refractivity contribution is 14.1. The van der Waals surface area contributed by atoms with Crippen molar-refractivity contribution in [3.63, 3.8) is 0 Å². The number of hydrogen-bond acceptors (Lipinski definition) is 1. The Bertz CT molecular complexity index is 263. The average Bonchev–Trinajstić information content (AvgIpc) is 2.11. The van der Waals surface area contributed by atoms with Crippen LogP contribution in [0.1, 0.15) is 23.1 Å². The maximum Gasteiger partial charge on any atom is 0.0205 e. The van der Waals surface area contributed by atoms with E-state index in [2.05, 4.69) is 60.0 Å². The molecular weight excluding hydrogens is 285 g/mol. The van der Waals surface area contributed by atoms with Crippen LogP contribution in [0.15, 0.2) is 18.2 Å². The summed E-state index contributed by atoms with van der Waals surface area (Å²) in [5, 5.41) is 3.45. The zero-order valence-electron chi connectivity index (χ0n) is 8.94. The topological polar surface area (TPSA) is 12.0 Å². The minimum Gasteiger partial charge on any atom is -0.313 e. The molecule has 14 heavy (non-hydrogen) atoms. The van der Waals surface area contributed by atoms with Crippen LogP contribution in [0.25, 0.3) is 0 Å². The van der Waals surface area contributed by atoms with Crippen LogP contribution >= 0.6 is 22.6 Å². The predicted octanol–water partition coefficient (Wildman–Crippen LogP) is 3.22. The lowest BCUT2D eigenvalue weighted by Crippen LogP contribution is -2.15. The smallest absolute Gasteiger partial charge is 0.0205 e. The van der Waals surface area contributed by atoms with Gasteiger partial charge in [-0.15, -0.1) is 0 Å². The number of aryl methyl sites for hydroxylation is 2. The summed E-state index contributed by atoms with van der Waals surface area (Å²) in [4.78, 5) is 0. The van der Waals surface area contributed by atoms with Crippen LogP contribution < -0.4 is 5.32 Å². The van der Waals surface area contributed by atoms with E-state index in [0.29, 0.717) is 0 Å². The van der Waals surface area contributed by atoms with Gasteiger partial charge < -0.3 is 5.32 Å². The lowest BCUT2D eigenvalue weighted by Gasteiger charge is -2.06. The van der Waals surface area contributed by atoms with E-state index in [1.165, 1.54) is 27.5 Å². The van der Waals surface area contributed by atoms with E-state index < -0.39 is 0 Å². The molecule has 0 aliphatic rings. The molecule has 78 valence electrons. The van der Waals surface area contributed by atoms with Gasteiger partial charge in [0.25, 0.3) is 0 Å². The van der Waals surface area contributed by atoms with Crippen molar-refractivity contribution < 1.29 is 0 Å². The maximum atomic E-state index is 3.45. The van der Waals surface area contributed by atoms with Crippen LogP contribution in [0, 0.1) is 13.8 Å². The molecule has 0 amide bonds. The highest BCUT2D eigenvalue weighted by atomic mass is 127. The van der Waals surface area contributed by atoms with Crippen LogP contribution in [0.2, 0.25) is 0 Å². The molecule has 0 aliphatic heterocycles. The van der Waals surface area contributed by atoms with Crippen LogP contribution in [-0.2, 0) is 6.54 Å². The summed E-state index contributed by atoms with van der Waals surface area (Å²) in [6.07, 6.45) is 1.26. The van der Waals surface area contributed by atoms with Gasteiger partial charge >= 0.3 is 0 Å². The summed E-state index contributed by atoms with van der Waals surface area (Å²) < 4.78 is 1.23. The summed E-state index contributed by atoms with van der Waals surface area (Å²) in [6.45, 7) is 6.43. The summed E-state index contributed by atoms with van der Waals surface area (Å²) >= 11 is 2.41. The molecule has 1 aromatic rings. The van der Waals surface area contributed by atoms with Crippen LogP contribution in [0.4, 0.5) is 0 Å². The molecule has 1 nitrogen and oxygen atoms in total. The van der Waals surface area contributed by atoms with Gasteiger partial charge in [0.1, 0.15) is 0 Å². The second kappa shape index (κ2) is 6.40. The van der Waals surface area contributed by atoms with Gasteiger partial charge in [-0.1, -0.05) is 51.9 Å². The lowest BCUT2D eigenvalue weighted by molar-refractivity contribution is 0.681. The molecule has 1 N–H and O–H groups in total. The molecule has 0 spiro atoms. The van der Waals surface area contributed by atoms with Gasteiger partial charge in [0.15, 0.2) is 0 Å². The second-order valence-electron chi connectivity index (χ2n) is 3.72. The molecule has 0 aromatic heterocycles. The zero-order valence-corrected chi connectivity index (χ0v) is 11.1. The highest BCUT2D eigenvalue weighted by Gasteiger charge is 1.95. The second-order valence-corrected chi connectivity index (χ2v) is 4.79. The van der Waals surface area contributed by atoms with E-state index in [-0.39, 0.29) is 0 Å². The molecule has 1 aromatic carbocycles. The van der Waals surface area contributed by atoms with Crippen molar-refractivity contribution in [2.45, 2.75) is 26.8 Å².